The minimum Gasteiger partial charge on any atom is -0.439 e. The molecule has 4 aromatic heterocycles. The summed E-state index contributed by atoms with van der Waals surface area (Å²) in [6, 6.07) is 13.6. The van der Waals surface area contributed by atoms with Crippen molar-refractivity contribution in [2.45, 2.75) is 18.9 Å². The lowest BCUT2D eigenvalue weighted by Crippen LogP contribution is -2.38. The molecule has 2 N–H and O–H groups in total. The van der Waals surface area contributed by atoms with Crippen molar-refractivity contribution in [3.8, 4) is 34.0 Å². The maximum Gasteiger partial charge on any atom is 0.245 e. The van der Waals surface area contributed by atoms with Crippen LogP contribution in [0.3, 0.4) is 0 Å². The van der Waals surface area contributed by atoms with E-state index >= 15 is 0 Å². The largest absolute Gasteiger partial charge is 0.439 e. The van der Waals surface area contributed by atoms with Crippen molar-refractivity contribution < 1.29 is 9.53 Å². The first-order valence-electron chi connectivity index (χ1n) is 12.8. The lowest BCUT2D eigenvalue weighted by Gasteiger charge is -2.31. The lowest BCUT2D eigenvalue weighted by molar-refractivity contribution is -0.127. The van der Waals surface area contributed by atoms with E-state index in [-0.39, 0.29) is 11.9 Å². The van der Waals surface area contributed by atoms with Crippen LogP contribution >= 0.6 is 0 Å². The SMILES string of the molecule is C=CC(=O)N1CCC(n2cc(-c3c(-c4ccc(Oc5ccccn5)cc4)c4c(N)ncnc4n3C)cn2)CC1. The highest BCUT2D eigenvalue weighted by molar-refractivity contribution is 6.07. The van der Waals surface area contributed by atoms with Gasteiger partial charge in [0.1, 0.15) is 23.5 Å². The molecule has 1 fully saturated rings. The van der Waals surface area contributed by atoms with Gasteiger partial charge in [-0.3, -0.25) is 9.48 Å². The fourth-order valence-electron chi connectivity index (χ4n) is 5.25. The lowest BCUT2D eigenvalue weighted by atomic mass is 10.00. The third-order valence-corrected chi connectivity index (χ3v) is 7.20. The minimum atomic E-state index is -0.0232. The Balaban J connectivity index is 1.36. The van der Waals surface area contributed by atoms with E-state index in [4.69, 9.17) is 15.6 Å². The number of nitrogen functional groups attached to an aromatic ring is 1. The number of aryl methyl sites for hydroxylation is 1. The van der Waals surface area contributed by atoms with Crippen LogP contribution in [0, 0.1) is 0 Å². The number of carbonyl (C=O) groups excluding carboxylic acids is 1. The maximum atomic E-state index is 12.0. The average molecular weight is 521 g/mol. The zero-order valence-corrected chi connectivity index (χ0v) is 21.6. The van der Waals surface area contributed by atoms with Crippen molar-refractivity contribution in [2.75, 3.05) is 18.8 Å². The topological polar surface area (TPSA) is 117 Å². The summed E-state index contributed by atoms with van der Waals surface area (Å²) < 4.78 is 9.93. The first-order valence-corrected chi connectivity index (χ1v) is 12.8. The molecule has 10 nitrogen and oxygen atoms in total. The van der Waals surface area contributed by atoms with E-state index < -0.39 is 0 Å². The highest BCUT2D eigenvalue weighted by Gasteiger charge is 2.26. The second-order valence-electron chi connectivity index (χ2n) is 9.50. The molecule has 1 aliphatic rings. The van der Waals surface area contributed by atoms with Crippen LogP contribution in [0.4, 0.5) is 5.82 Å². The number of amides is 1. The maximum absolute atomic E-state index is 12.0. The van der Waals surface area contributed by atoms with Crippen molar-refractivity contribution in [3.05, 3.63) is 80.0 Å². The van der Waals surface area contributed by atoms with Crippen LogP contribution < -0.4 is 10.5 Å². The van der Waals surface area contributed by atoms with Crippen LogP contribution in [-0.4, -0.2) is 53.2 Å². The number of pyridine rings is 1. The van der Waals surface area contributed by atoms with Gasteiger partial charge in [-0.25, -0.2) is 15.0 Å². The molecule has 0 bridgehead atoms. The number of carbonyl (C=O) groups is 1. The Morgan fingerprint density at radius 1 is 1.08 bits per heavy atom. The van der Waals surface area contributed by atoms with E-state index in [9.17, 15) is 4.79 Å². The summed E-state index contributed by atoms with van der Waals surface area (Å²) >= 11 is 0. The molecule has 5 heterocycles. The van der Waals surface area contributed by atoms with Crippen LogP contribution in [0.2, 0.25) is 0 Å². The number of nitrogens with two attached hydrogens (primary N) is 1. The van der Waals surface area contributed by atoms with Crippen molar-refractivity contribution >= 4 is 22.8 Å². The molecule has 1 aromatic carbocycles. The zero-order chi connectivity index (χ0) is 26.9. The second kappa shape index (κ2) is 10.1. The second-order valence-corrected chi connectivity index (χ2v) is 9.50. The summed E-state index contributed by atoms with van der Waals surface area (Å²) in [5.41, 5.74) is 10.9. The number of fused-ring (bicyclic) bond motifs is 1. The van der Waals surface area contributed by atoms with Gasteiger partial charge in [-0.1, -0.05) is 24.8 Å². The van der Waals surface area contributed by atoms with E-state index in [1.165, 1.54) is 12.4 Å². The molecule has 0 radical (unpaired) electrons. The zero-order valence-electron chi connectivity index (χ0n) is 21.6. The number of hydrogen-bond donors (Lipinski definition) is 1. The first kappa shape index (κ1) is 24.4. The summed E-state index contributed by atoms with van der Waals surface area (Å²) in [5.74, 6) is 1.60. The molecule has 0 atom stereocenters. The van der Waals surface area contributed by atoms with Crippen LogP contribution in [-0.2, 0) is 11.8 Å². The fraction of sp³-hybridized carbons (Fsp3) is 0.207. The molecule has 1 aliphatic heterocycles. The Bertz CT molecular complexity index is 1650. The van der Waals surface area contributed by atoms with Gasteiger partial charge in [0.25, 0.3) is 0 Å². The Kier molecular flexibility index (Phi) is 6.28. The van der Waals surface area contributed by atoms with Gasteiger partial charge in [0, 0.05) is 49.7 Å². The molecule has 0 spiro atoms. The molecule has 5 aromatic rings. The predicted molar refractivity (Wildman–Crippen MR) is 149 cm³/mol. The third kappa shape index (κ3) is 4.50. The van der Waals surface area contributed by atoms with Gasteiger partial charge in [-0.2, -0.15) is 5.10 Å². The Morgan fingerprint density at radius 3 is 2.59 bits per heavy atom. The fourth-order valence-corrected chi connectivity index (χ4v) is 5.25. The highest BCUT2D eigenvalue weighted by atomic mass is 16.5. The van der Waals surface area contributed by atoms with Crippen molar-refractivity contribution in [3.63, 3.8) is 0 Å². The average Bonchev–Trinajstić information content (AvgIpc) is 3.57. The normalized spacial score (nSPS) is 14.0. The summed E-state index contributed by atoms with van der Waals surface area (Å²) in [4.78, 5) is 26.9. The van der Waals surface area contributed by atoms with E-state index in [1.54, 1.807) is 6.20 Å². The number of ether oxygens (including phenoxy) is 1. The number of hydrogen-bond acceptors (Lipinski definition) is 7. The van der Waals surface area contributed by atoms with Crippen molar-refractivity contribution in [1.29, 1.82) is 0 Å². The first-order chi connectivity index (χ1) is 19.0. The van der Waals surface area contributed by atoms with E-state index in [0.29, 0.717) is 30.5 Å². The van der Waals surface area contributed by atoms with E-state index in [1.807, 2.05) is 69.9 Å². The standard InChI is InChI=1S/C29H28N8O2/c1-3-24(38)36-14-11-21(12-15-36)37-17-20(16-34-37)27-25(26-28(30)32-18-33-29(26)35(27)2)19-7-9-22(10-8-19)39-23-6-4-5-13-31-23/h3-10,13,16-18,21H,1,11-12,14-15H2,2H3,(H2,30,32,33). The summed E-state index contributed by atoms with van der Waals surface area (Å²) in [5, 5.41) is 5.51. The smallest absolute Gasteiger partial charge is 0.245 e. The quantitative estimate of drug-likeness (QED) is 0.325. The molecule has 10 heteroatoms. The van der Waals surface area contributed by atoms with E-state index in [0.717, 1.165) is 46.3 Å². The number of piperidine rings is 1. The number of anilines is 1. The van der Waals surface area contributed by atoms with Gasteiger partial charge >= 0.3 is 0 Å². The highest BCUT2D eigenvalue weighted by Crippen LogP contribution is 2.42. The minimum absolute atomic E-state index is 0.0232. The molecule has 1 amide bonds. The number of aromatic nitrogens is 6. The van der Waals surface area contributed by atoms with E-state index in [2.05, 4.69) is 27.7 Å². The van der Waals surface area contributed by atoms with Crippen LogP contribution in [0.1, 0.15) is 18.9 Å². The summed E-state index contributed by atoms with van der Waals surface area (Å²) in [6.45, 7) is 4.97. The summed E-state index contributed by atoms with van der Waals surface area (Å²) in [6.07, 6.45) is 10.2. The molecule has 0 unspecified atom stereocenters. The molecule has 0 saturated carbocycles. The number of rotatable bonds is 6. The van der Waals surface area contributed by atoms with Gasteiger partial charge in [0.05, 0.1) is 23.3 Å². The Morgan fingerprint density at radius 2 is 1.87 bits per heavy atom. The Hall–Kier alpha value is -4.99. The Labute approximate surface area is 225 Å². The number of likely N-dealkylation sites (tertiary alicyclic amines) is 1. The number of nitrogens with zero attached hydrogens (tertiary/aromatic N) is 7. The predicted octanol–water partition coefficient (Wildman–Crippen LogP) is 4.62. The van der Waals surface area contributed by atoms with Crippen LogP contribution in [0.5, 0.6) is 11.6 Å². The molecule has 196 valence electrons. The molecule has 0 aliphatic carbocycles. The van der Waals surface area contributed by atoms with Gasteiger partial charge in [0.2, 0.25) is 11.8 Å². The molecular weight excluding hydrogens is 492 g/mol. The van der Waals surface area contributed by atoms with Gasteiger partial charge in [0.15, 0.2) is 0 Å². The molecular formula is C29H28N8O2. The number of benzene rings is 1. The van der Waals surface area contributed by atoms with Crippen LogP contribution in [0.15, 0.2) is 80.0 Å². The van der Waals surface area contributed by atoms with Gasteiger partial charge < -0.3 is 19.9 Å². The monoisotopic (exact) mass is 520 g/mol. The van der Waals surface area contributed by atoms with Gasteiger partial charge in [-0.05, 0) is 42.7 Å². The molecule has 1 saturated heterocycles. The molecule has 6 rings (SSSR count). The summed E-state index contributed by atoms with van der Waals surface area (Å²) in [7, 11) is 1.98. The van der Waals surface area contributed by atoms with Crippen LogP contribution in [0.25, 0.3) is 33.4 Å². The molecule has 39 heavy (non-hydrogen) atoms. The third-order valence-electron chi connectivity index (χ3n) is 7.20. The van der Waals surface area contributed by atoms with Crippen molar-refractivity contribution in [1.82, 2.24) is 34.2 Å². The van der Waals surface area contributed by atoms with Gasteiger partial charge in [-0.15, -0.1) is 0 Å². The van der Waals surface area contributed by atoms with Crippen molar-refractivity contribution in [2.24, 2.45) is 7.05 Å².